The molecule has 0 unspecified atom stereocenters. The Bertz CT molecular complexity index is 658. The molecule has 0 aliphatic heterocycles. The fourth-order valence-electron chi connectivity index (χ4n) is 1.62. The summed E-state index contributed by atoms with van der Waals surface area (Å²) in [5.74, 6) is -1.63. The van der Waals surface area contributed by atoms with Crippen molar-refractivity contribution < 1.29 is 24.5 Å². The molecule has 21 heavy (non-hydrogen) atoms. The number of ether oxygens (including phenoxy) is 1. The number of aliphatic carboxylic acids is 1. The van der Waals surface area contributed by atoms with Crippen LogP contribution in [0.4, 0.5) is 11.5 Å². The van der Waals surface area contributed by atoms with Crippen molar-refractivity contribution in [3.8, 4) is 5.75 Å². The first kappa shape index (κ1) is 14.3. The smallest absolute Gasteiger partial charge is 0.341 e. The quantitative estimate of drug-likeness (QED) is 0.745. The Morgan fingerprint density at radius 1 is 1.19 bits per heavy atom. The van der Waals surface area contributed by atoms with Gasteiger partial charge in [0, 0.05) is 6.20 Å². The number of hydrogen-bond donors (Lipinski definition) is 3. The van der Waals surface area contributed by atoms with E-state index in [1.54, 1.807) is 24.4 Å². The molecule has 1 heterocycles. The van der Waals surface area contributed by atoms with Gasteiger partial charge in [0.25, 0.3) is 0 Å². The number of hydrogen-bond acceptors (Lipinski definition) is 5. The van der Waals surface area contributed by atoms with E-state index in [9.17, 15) is 14.7 Å². The van der Waals surface area contributed by atoms with Crippen molar-refractivity contribution in [1.29, 1.82) is 0 Å². The highest BCUT2D eigenvalue weighted by Crippen LogP contribution is 2.24. The maximum atomic E-state index is 11.3. The van der Waals surface area contributed by atoms with Crippen LogP contribution in [-0.2, 0) is 4.79 Å². The molecule has 0 saturated heterocycles. The maximum Gasteiger partial charge on any atom is 0.341 e. The van der Waals surface area contributed by atoms with Crippen LogP contribution in [0.3, 0.4) is 0 Å². The number of anilines is 2. The molecule has 0 bridgehead atoms. The average Bonchev–Trinajstić information content (AvgIpc) is 2.47. The summed E-state index contributed by atoms with van der Waals surface area (Å²) in [5, 5.41) is 20.6. The number of carboxylic acid groups (broad SMARTS) is 2. The van der Waals surface area contributed by atoms with Gasteiger partial charge in [-0.25, -0.2) is 14.6 Å². The molecule has 0 saturated carbocycles. The SMILES string of the molecule is O=C(O)COc1ccc(Nc2ccccn2)c(C(=O)O)c1. The minimum Gasteiger partial charge on any atom is -0.482 e. The van der Waals surface area contributed by atoms with Crippen LogP contribution in [-0.4, -0.2) is 33.7 Å². The number of nitrogens with zero attached hydrogens (tertiary/aromatic N) is 1. The number of aromatic nitrogens is 1. The highest BCUT2D eigenvalue weighted by Gasteiger charge is 2.13. The minimum absolute atomic E-state index is 0.0384. The Labute approximate surface area is 119 Å². The minimum atomic E-state index is -1.16. The van der Waals surface area contributed by atoms with Crippen LogP contribution in [0.15, 0.2) is 42.6 Å². The Kier molecular flexibility index (Phi) is 4.35. The van der Waals surface area contributed by atoms with Crippen molar-refractivity contribution in [2.45, 2.75) is 0 Å². The first-order valence-electron chi connectivity index (χ1n) is 5.96. The number of benzene rings is 1. The van der Waals surface area contributed by atoms with Gasteiger partial charge in [0.05, 0.1) is 11.3 Å². The third-order valence-electron chi connectivity index (χ3n) is 2.51. The highest BCUT2D eigenvalue weighted by atomic mass is 16.5. The lowest BCUT2D eigenvalue weighted by Gasteiger charge is -2.11. The average molecular weight is 288 g/mol. The van der Waals surface area contributed by atoms with Crippen molar-refractivity contribution in [3.63, 3.8) is 0 Å². The molecule has 108 valence electrons. The van der Waals surface area contributed by atoms with Crippen LogP contribution in [0.1, 0.15) is 10.4 Å². The molecule has 0 spiro atoms. The number of aromatic carboxylic acids is 1. The number of rotatable bonds is 6. The van der Waals surface area contributed by atoms with E-state index in [0.717, 1.165) is 0 Å². The first-order chi connectivity index (χ1) is 10.1. The van der Waals surface area contributed by atoms with Crippen LogP contribution >= 0.6 is 0 Å². The molecule has 0 fully saturated rings. The van der Waals surface area contributed by atoms with E-state index in [2.05, 4.69) is 10.3 Å². The summed E-state index contributed by atoms with van der Waals surface area (Å²) in [6, 6.07) is 9.44. The summed E-state index contributed by atoms with van der Waals surface area (Å²) < 4.78 is 4.96. The van der Waals surface area contributed by atoms with Gasteiger partial charge in [0.2, 0.25) is 0 Å². The van der Waals surface area contributed by atoms with Gasteiger partial charge in [0.15, 0.2) is 6.61 Å². The lowest BCUT2D eigenvalue weighted by atomic mass is 10.1. The van der Waals surface area contributed by atoms with E-state index in [1.807, 2.05) is 0 Å². The zero-order valence-corrected chi connectivity index (χ0v) is 10.8. The molecule has 3 N–H and O–H groups in total. The predicted octanol–water partition coefficient (Wildman–Crippen LogP) is 1.99. The van der Waals surface area contributed by atoms with Crippen LogP contribution in [0.5, 0.6) is 5.75 Å². The van der Waals surface area contributed by atoms with Crippen molar-refractivity contribution >= 4 is 23.4 Å². The van der Waals surface area contributed by atoms with Crippen molar-refractivity contribution in [1.82, 2.24) is 4.98 Å². The standard InChI is InChI=1S/C14H12N2O5/c17-13(18)8-21-9-4-5-11(10(7-9)14(19)20)16-12-3-1-2-6-15-12/h1-7H,8H2,(H,15,16)(H,17,18)(H,19,20). The summed E-state index contributed by atoms with van der Waals surface area (Å²) in [4.78, 5) is 25.8. The Morgan fingerprint density at radius 3 is 2.62 bits per heavy atom. The summed E-state index contributed by atoms with van der Waals surface area (Å²) in [6.07, 6.45) is 1.58. The molecule has 0 radical (unpaired) electrons. The molecule has 0 aliphatic rings. The Balaban J connectivity index is 2.25. The molecular weight excluding hydrogens is 276 g/mol. The van der Waals surface area contributed by atoms with Gasteiger partial charge in [-0.05, 0) is 30.3 Å². The normalized spacial score (nSPS) is 9.90. The second kappa shape index (κ2) is 6.38. The summed E-state index contributed by atoms with van der Waals surface area (Å²) in [6.45, 7) is -0.536. The van der Waals surface area contributed by atoms with E-state index in [-0.39, 0.29) is 11.3 Å². The molecule has 7 nitrogen and oxygen atoms in total. The van der Waals surface area contributed by atoms with E-state index in [4.69, 9.17) is 9.84 Å². The van der Waals surface area contributed by atoms with Crippen molar-refractivity contribution in [2.24, 2.45) is 0 Å². The molecule has 7 heteroatoms. The van der Waals surface area contributed by atoms with Gasteiger partial charge in [-0.2, -0.15) is 0 Å². The number of nitrogens with one attached hydrogen (secondary N) is 1. The third kappa shape index (κ3) is 3.93. The lowest BCUT2D eigenvalue weighted by Crippen LogP contribution is -2.10. The second-order valence-corrected chi connectivity index (χ2v) is 4.03. The zero-order chi connectivity index (χ0) is 15.2. The molecule has 1 aromatic heterocycles. The highest BCUT2D eigenvalue weighted by molar-refractivity contribution is 5.95. The monoisotopic (exact) mass is 288 g/mol. The first-order valence-corrected chi connectivity index (χ1v) is 5.96. The third-order valence-corrected chi connectivity index (χ3v) is 2.51. The van der Waals surface area contributed by atoms with Gasteiger partial charge in [-0.15, -0.1) is 0 Å². The maximum absolute atomic E-state index is 11.3. The lowest BCUT2D eigenvalue weighted by molar-refractivity contribution is -0.139. The van der Waals surface area contributed by atoms with E-state index in [1.165, 1.54) is 18.2 Å². The van der Waals surface area contributed by atoms with Crippen LogP contribution < -0.4 is 10.1 Å². The van der Waals surface area contributed by atoms with Gasteiger partial charge >= 0.3 is 11.9 Å². The molecule has 2 aromatic rings. The fourth-order valence-corrected chi connectivity index (χ4v) is 1.62. The second-order valence-electron chi connectivity index (χ2n) is 4.03. The predicted molar refractivity (Wildman–Crippen MR) is 74.1 cm³/mol. The molecule has 1 aromatic carbocycles. The van der Waals surface area contributed by atoms with E-state index < -0.39 is 18.5 Å². The topological polar surface area (TPSA) is 109 Å². The van der Waals surface area contributed by atoms with Gasteiger partial charge < -0.3 is 20.3 Å². The Morgan fingerprint density at radius 2 is 2.00 bits per heavy atom. The molecule has 0 amide bonds. The van der Waals surface area contributed by atoms with Crippen LogP contribution in [0.2, 0.25) is 0 Å². The fraction of sp³-hybridized carbons (Fsp3) is 0.0714. The van der Waals surface area contributed by atoms with E-state index >= 15 is 0 Å². The molecule has 0 atom stereocenters. The largest absolute Gasteiger partial charge is 0.482 e. The molecule has 2 rings (SSSR count). The van der Waals surface area contributed by atoms with Crippen molar-refractivity contribution in [2.75, 3.05) is 11.9 Å². The number of carbonyl (C=O) groups is 2. The van der Waals surface area contributed by atoms with Gasteiger partial charge in [-0.1, -0.05) is 6.07 Å². The van der Waals surface area contributed by atoms with Crippen LogP contribution in [0, 0.1) is 0 Å². The number of pyridine rings is 1. The van der Waals surface area contributed by atoms with Gasteiger partial charge in [0.1, 0.15) is 11.6 Å². The van der Waals surface area contributed by atoms with Crippen LogP contribution in [0.25, 0.3) is 0 Å². The molecule has 0 aliphatic carbocycles. The summed E-state index contributed by atoms with van der Waals surface area (Å²) in [5.41, 5.74) is 0.299. The van der Waals surface area contributed by atoms with Gasteiger partial charge in [-0.3, -0.25) is 0 Å². The number of carboxylic acids is 2. The van der Waals surface area contributed by atoms with E-state index in [0.29, 0.717) is 11.5 Å². The zero-order valence-electron chi connectivity index (χ0n) is 10.8. The van der Waals surface area contributed by atoms with Crippen molar-refractivity contribution in [3.05, 3.63) is 48.2 Å². The summed E-state index contributed by atoms with van der Waals surface area (Å²) in [7, 11) is 0. The molecular formula is C14H12N2O5. The Hall–Kier alpha value is -3.09. The summed E-state index contributed by atoms with van der Waals surface area (Å²) >= 11 is 0.